The average molecular weight is 390 g/mol. The Hall–Kier alpha value is -2.36. The van der Waals surface area contributed by atoms with E-state index in [1.54, 1.807) is 0 Å². The zero-order valence-electron chi connectivity index (χ0n) is 10.9. The quantitative estimate of drug-likeness (QED) is 0.451. The van der Waals surface area contributed by atoms with E-state index in [1.807, 2.05) is 0 Å². The van der Waals surface area contributed by atoms with Gasteiger partial charge in [-0.25, -0.2) is 4.79 Å². The number of carbonyl (C=O) groups is 2. The Morgan fingerprint density at radius 1 is 1.04 bits per heavy atom. The van der Waals surface area contributed by atoms with E-state index in [9.17, 15) is 18.6 Å². The smallest absolute Gasteiger partial charge is 0.545 e. The molecule has 0 amide bonds. The van der Waals surface area contributed by atoms with Gasteiger partial charge >= 0.3 is 23.0 Å². The molecule has 1 N–H and O–H groups in total. The van der Waals surface area contributed by atoms with Crippen LogP contribution in [-0.4, -0.2) is 27.0 Å². The number of halogens is 1. The maximum Gasteiger partial charge on any atom is 2.00 e. The number of pyridine rings is 2. The van der Waals surface area contributed by atoms with Gasteiger partial charge in [-0.2, -0.15) is 0 Å². The van der Waals surface area contributed by atoms with Crippen LogP contribution in [0.5, 0.6) is 0 Å². The third-order valence-corrected chi connectivity index (χ3v) is 2.26. The predicted octanol–water partition coefficient (Wildman–Crippen LogP) is 0.383. The number of hydrogen-bond donors (Lipinski definition) is 1. The summed E-state index contributed by atoms with van der Waals surface area (Å²) in [4.78, 5) is 29.4. The molecule has 0 aliphatic carbocycles. The third kappa shape index (κ3) is 6.96. The van der Waals surface area contributed by atoms with Crippen LogP contribution < -0.4 is 5.11 Å². The first-order chi connectivity index (χ1) is 10.3. The second-order valence-corrected chi connectivity index (χ2v) is 4.03. The normalized spacial score (nSPS) is 9.30. The third-order valence-electron chi connectivity index (χ3n) is 2.26. The van der Waals surface area contributed by atoms with Gasteiger partial charge < -0.3 is 27.3 Å². The summed E-state index contributed by atoms with van der Waals surface area (Å²) >= 11 is -3.36. The molecule has 2 heterocycles. The first kappa shape index (κ1) is 20.6. The van der Waals surface area contributed by atoms with E-state index >= 15 is 0 Å². The van der Waals surface area contributed by atoms with Gasteiger partial charge in [0.15, 0.2) is 0 Å². The van der Waals surface area contributed by atoms with Crippen molar-refractivity contribution in [3.05, 3.63) is 47.8 Å². The molecule has 2 rings (SSSR count). The molecule has 0 unspecified atom stereocenters. The fraction of sp³-hybridized carbons (Fsp3) is 0. The minimum Gasteiger partial charge on any atom is -0.545 e. The second-order valence-electron chi connectivity index (χ2n) is 3.65. The van der Waals surface area contributed by atoms with Crippen LogP contribution in [0.25, 0.3) is 11.4 Å². The predicted molar refractivity (Wildman–Crippen MR) is 68.6 cm³/mol. The molecule has 0 spiro atoms. The Kier molecular flexibility index (Phi) is 8.63. The van der Waals surface area contributed by atoms with Crippen LogP contribution in [0.15, 0.2) is 36.7 Å². The monoisotopic (exact) mass is 389 g/mol. The van der Waals surface area contributed by atoms with Crippen molar-refractivity contribution in [3.63, 3.8) is 0 Å². The number of carbonyl (C=O) groups excluding carboxylic acids is 1. The molecule has 0 fully saturated rings. The van der Waals surface area contributed by atoms with Crippen molar-refractivity contribution in [2.75, 3.05) is 0 Å². The summed E-state index contributed by atoms with van der Waals surface area (Å²) in [5.74, 6) is -2.41. The number of aromatic carboxylic acids is 2. The van der Waals surface area contributed by atoms with Crippen molar-refractivity contribution < 1.29 is 49.2 Å². The minimum atomic E-state index is -3.36. The molecular weight excluding hydrogens is 383 g/mol. The first-order valence-corrected chi connectivity index (χ1v) is 6.41. The summed E-state index contributed by atoms with van der Waals surface area (Å²) < 4.78 is 26.6. The summed E-state index contributed by atoms with van der Waals surface area (Å²) in [5.41, 5.74) is 0.584. The molecule has 0 aliphatic heterocycles. The van der Waals surface area contributed by atoms with Crippen molar-refractivity contribution in [3.8, 4) is 11.4 Å². The van der Waals surface area contributed by atoms with Crippen molar-refractivity contribution >= 4 is 23.0 Å². The molecule has 0 saturated carbocycles. The van der Waals surface area contributed by atoms with Crippen molar-refractivity contribution in [1.82, 2.24) is 9.97 Å². The topological polar surface area (TPSA) is 137 Å². The van der Waals surface area contributed by atoms with Gasteiger partial charge in [-0.15, -0.1) is 0 Å². The Labute approximate surface area is 141 Å². The van der Waals surface area contributed by atoms with Crippen LogP contribution in [0.2, 0.25) is 0 Å². The molecule has 11 heteroatoms. The van der Waals surface area contributed by atoms with E-state index in [1.165, 1.54) is 36.7 Å². The Balaban J connectivity index is 0.000000871. The van der Waals surface area contributed by atoms with Gasteiger partial charge in [-0.3, -0.25) is 9.97 Å². The molecule has 125 valence electrons. The number of rotatable bonds is 3. The Bertz CT molecular complexity index is 720. The van der Waals surface area contributed by atoms with Crippen LogP contribution >= 0.6 is 0 Å². The van der Waals surface area contributed by atoms with Gasteiger partial charge in [0, 0.05) is 18.0 Å². The van der Waals surface area contributed by atoms with Crippen LogP contribution in [-0.2, 0) is 36.6 Å². The van der Waals surface area contributed by atoms with Crippen molar-refractivity contribution in [2.24, 2.45) is 0 Å². The fourth-order valence-corrected chi connectivity index (χ4v) is 1.40. The standard InChI is InChI=1S/C12H8N2O4.Cu.FO2S/c15-11(16)7-1-3-13-9(5-7)10-6-8(12(17)18)2-4-14-10;;1-4(2)3/h1-6H,(H,15,16)(H,17,18);;/q;+2;-1/p-1. The molecule has 2 aromatic rings. The van der Waals surface area contributed by atoms with E-state index in [0.29, 0.717) is 0 Å². The molecule has 23 heavy (non-hydrogen) atoms. The largest absolute Gasteiger partial charge is 2.00 e. The van der Waals surface area contributed by atoms with Gasteiger partial charge in [0.25, 0.3) is 0 Å². The number of hydrogen-bond acceptors (Lipinski definition) is 8. The molecule has 1 radical (unpaired) electrons. The molecule has 0 atom stereocenters. The van der Waals surface area contributed by atoms with E-state index in [-0.39, 0.29) is 39.6 Å². The molecule has 8 nitrogen and oxygen atoms in total. The summed E-state index contributed by atoms with van der Waals surface area (Å²) in [6.07, 6.45) is 2.63. The summed E-state index contributed by atoms with van der Waals surface area (Å²) in [7, 11) is 0. The summed E-state index contributed by atoms with van der Waals surface area (Å²) in [6.45, 7) is 0. The number of nitrogens with zero attached hydrogens (tertiary/aromatic N) is 2. The second kappa shape index (κ2) is 9.61. The van der Waals surface area contributed by atoms with Crippen molar-refractivity contribution in [1.29, 1.82) is 0 Å². The zero-order chi connectivity index (χ0) is 16.7. The van der Waals surface area contributed by atoms with Crippen molar-refractivity contribution in [2.45, 2.75) is 0 Å². The first-order valence-electron chi connectivity index (χ1n) is 5.44. The van der Waals surface area contributed by atoms with Gasteiger partial charge in [-0.05, 0) is 24.3 Å². The number of carboxylic acids is 2. The Morgan fingerprint density at radius 3 is 1.83 bits per heavy atom. The molecule has 0 bridgehead atoms. The van der Waals surface area contributed by atoms with E-state index in [0.717, 1.165) is 0 Å². The van der Waals surface area contributed by atoms with E-state index in [4.69, 9.17) is 13.5 Å². The van der Waals surface area contributed by atoms with Crippen LogP contribution in [0.3, 0.4) is 0 Å². The van der Waals surface area contributed by atoms with Gasteiger partial charge in [0.1, 0.15) is 0 Å². The van der Waals surface area contributed by atoms with Crippen LogP contribution in [0, 0.1) is 0 Å². The molecule has 2 aromatic heterocycles. The molecule has 0 aliphatic rings. The molecular formula is C12H7CuFN2O6S. The molecule has 0 aromatic carbocycles. The van der Waals surface area contributed by atoms with Crippen LogP contribution in [0.1, 0.15) is 20.7 Å². The zero-order valence-corrected chi connectivity index (χ0v) is 12.7. The van der Waals surface area contributed by atoms with Gasteiger partial charge in [0.05, 0.1) is 34.0 Å². The van der Waals surface area contributed by atoms with E-state index in [2.05, 4.69) is 9.97 Å². The SMILES string of the molecule is O=C([O-])c1ccnc(-c2cc(C(=O)O)ccn2)c1.O=[S-](=O)F.[Cu+2]. The summed E-state index contributed by atoms with van der Waals surface area (Å²) in [6, 6.07) is 5.24. The average Bonchev–Trinajstić information content (AvgIpc) is 2.47. The number of aromatic nitrogens is 2. The summed E-state index contributed by atoms with van der Waals surface area (Å²) in [5, 5.41) is 19.6. The minimum absolute atomic E-state index is 0. The van der Waals surface area contributed by atoms with Gasteiger partial charge in [-0.1, -0.05) is 0 Å². The maximum atomic E-state index is 10.8. The Morgan fingerprint density at radius 2 is 1.43 bits per heavy atom. The fourth-order valence-electron chi connectivity index (χ4n) is 1.40. The van der Waals surface area contributed by atoms with E-state index < -0.39 is 23.0 Å². The van der Waals surface area contributed by atoms with Gasteiger partial charge in [0.2, 0.25) is 0 Å². The number of carboxylic acid groups (broad SMARTS) is 2. The molecule has 0 saturated heterocycles. The maximum absolute atomic E-state index is 10.8. The van der Waals surface area contributed by atoms with Crippen LogP contribution in [0.4, 0.5) is 3.89 Å².